The number of ether oxygens (including phenoxy) is 3. The molecule has 1 aromatic rings. The zero-order chi connectivity index (χ0) is 17.1. The van der Waals surface area contributed by atoms with E-state index in [0.717, 1.165) is 19.4 Å². The van der Waals surface area contributed by atoms with E-state index in [1.54, 1.807) is 18.3 Å². The van der Waals surface area contributed by atoms with Gasteiger partial charge in [0.2, 0.25) is 5.88 Å². The predicted molar refractivity (Wildman–Crippen MR) is 89.2 cm³/mol. The minimum absolute atomic E-state index is 0.0379. The molecule has 132 valence electrons. The lowest BCUT2D eigenvalue weighted by molar-refractivity contribution is -0.0807. The number of amides is 1. The Morgan fingerprint density at radius 1 is 1.50 bits per heavy atom. The van der Waals surface area contributed by atoms with Gasteiger partial charge in [0.15, 0.2) is 0 Å². The third kappa shape index (κ3) is 3.39. The number of hydrogen-bond donors (Lipinski definition) is 0. The molecule has 0 radical (unpaired) electrons. The Labute approximate surface area is 143 Å². The van der Waals surface area contributed by atoms with Gasteiger partial charge in [0.05, 0.1) is 19.7 Å². The largest absolute Gasteiger partial charge is 0.480 e. The number of rotatable bonds is 5. The first-order chi connectivity index (χ1) is 11.6. The number of carbonyl (C=O) groups is 1. The number of nitrogens with zero attached hydrogens (tertiary/aromatic N) is 2. The third-order valence-electron chi connectivity index (χ3n) is 4.58. The molecule has 2 saturated heterocycles. The first kappa shape index (κ1) is 17.2. The molecule has 6 nitrogen and oxygen atoms in total. The molecule has 3 atom stereocenters. The van der Waals surface area contributed by atoms with Crippen molar-refractivity contribution in [1.29, 1.82) is 0 Å². The molecular formula is C18H26N2O4. The van der Waals surface area contributed by atoms with Gasteiger partial charge in [-0.15, -0.1) is 0 Å². The maximum absolute atomic E-state index is 13.1. The van der Waals surface area contributed by atoms with E-state index in [1.165, 1.54) is 7.11 Å². The number of fused-ring (bicyclic) bond motifs is 1. The van der Waals surface area contributed by atoms with E-state index >= 15 is 0 Å². The number of aromatic nitrogens is 1. The molecule has 6 heteroatoms. The van der Waals surface area contributed by atoms with E-state index in [9.17, 15) is 4.79 Å². The zero-order valence-electron chi connectivity index (χ0n) is 14.6. The molecule has 3 heterocycles. The Balaban J connectivity index is 1.80. The molecule has 0 N–H and O–H groups in total. The van der Waals surface area contributed by atoms with Crippen molar-refractivity contribution in [2.24, 2.45) is 5.92 Å². The molecule has 24 heavy (non-hydrogen) atoms. The quantitative estimate of drug-likeness (QED) is 0.825. The van der Waals surface area contributed by atoms with Crippen LogP contribution in [0, 0.1) is 5.92 Å². The number of methoxy groups -OCH3 is 1. The van der Waals surface area contributed by atoms with Crippen molar-refractivity contribution in [1.82, 2.24) is 9.88 Å². The summed E-state index contributed by atoms with van der Waals surface area (Å²) < 4.78 is 17.2. The molecule has 0 aliphatic carbocycles. The summed E-state index contributed by atoms with van der Waals surface area (Å²) in [5.74, 6) is 0.758. The van der Waals surface area contributed by atoms with Gasteiger partial charge in [-0.3, -0.25) is 4.79 Å². The average Bonchev–Trinajstić information content (AvgIpc) is 2.98. The minimum atomic E-state index is -0.0654. The van der Waals surface area contributed by atoms with Gasteiger partial charge in [-0.2, -0.15) is 0 Å². The summed E-state index contributed by atoms with van der Waals surface area (Å²) in [4.78, 5) is 19.1. The lowest BCUT2D eigenvalue weighted by Gasteiger charge is -2.32. The van der Waals surface area contributed by atoms with Crippen LogP contribution < -0.4 is 4.74 Å². The number of hydrogen-bond acceptors (Lipinski definition) is 5. The monoisotopic (exact) mass is 334 g/mol. The normalized spacial score (nSPS) is 26.5. The van der Waals surface area contributed by atoms with Gasteiger partial charge in [-0.05, 0) is 30.9 Å². The average molecular weight is 334 g/mol. The van der Waals surface area contributed by atoms with Crippen LogP contribution in [0.5, 0.6) is 5.88 Å². The van der Waals surface area contributed by atoms with Crippen LogP contribution in [0.1, 0.15) is 37.0 Å². The second-order valence-corrected chi connectivity index (χ2v) is 6.83. The first-order valence-electron chi connectivity index (χ1n) is 8.65. The smallest absolute Gasteiger partial charge is 0.259 e. The summed E-state index contributed by atoms with van der Waals surface area (Å²) in [5.41, 5.74) is 0.494. The molecule has 2 fully saturated rings. The predicted octanol–water partition coefficient (Wildman–Crippen LogP) is 2.13. The van der Waals surface area contributed by atoms with Crippen molar-refractivity contribution in [3.8, 4) is 5.88 Å². The standard InChI is InChI=1S/C18H26N2O4/c1-12(2)11-24-15-10-20(14-7-5-9-23-16(14)15)18(21)13-6-4-8-19-17(13)22-3/h4,6,8,12,14-16H,5,7,9-11H2,1-3H3/t14-,15+,16+/m0/s1. The van der Waals surface area contributed by atoms with E-state index in [2.05, 4.69) is 18.8 Å². The SMILES string of the molecule is COc1ncccc1C(=O)N1C[C@@H](OCC(C)C)[C@@H]2OCCC[C@@H]21. The third-order valence-corrected chi connectivity index (χ3v) is 4.58. The maximum atomic E-state index is 13.1. The molecule has 0 saturated carbocycles. The fourth-order valence-electron chi connectivity index (χ4n) is 3.48. The molecular weight excluding hydrogens is 308 g/mol. The van der Waals surface area contributed by atoms with Gasteiger partial charge in [0.25, 0.3) is 5.91 Å². The van der Waals surface area contributed by atoms with Crippen molar-refractivity contribution in [3.05, 3.63) is 23.9 Å². The Morgan fingerprint density at radius 2 is 2.33 bits per heavy atom. The fraction of sp³-hybridized carbons (Fsp3) is 0.667. The zero-order valence-corrected chi connectivity index (χ0v) is 14.6. The van der Waals surface area contributed by atoms with E-state index in [4.69, 9.17) is 14.2 Å². The second kappa shape index (κ2) is 7.49. The van der Waals surface area contributed by atoms with Crippen LogP contribution in [0.15, 0.2) is 18.3 Å². The summed E-state index contributed by atoms with van der Waals surface area (Å²) in [5, 5.41) is 0. The molecule has 2 aliphatic heterocycles. The van der Waals surface area contributed by atoms with E-state index in [1.807, 2.05) is 4.90 Å². The van der Waals surface area contributed by atoms with Crippen molar-refractivity contribution < 1.29 is 19.0 Å². The van der Waals surface area contributed by atoms with Gasteiger partial charge >= 0.3 is 0 Å². The molecule has 1 amide bonds. The summed E-state index contributed by atoms with van der Waals surface area (Å²) in [6.45, 7) is 6.21. The lowest BCUT2D eigenvalue weighted by atomic mass is 10.0. The van der Waals surface area contributed by atoms with E-state index in [0.29, 0.717) is 30.5 Å². The summed E-state index contributed by atoms with van der Waals surface area (Å²) in [6, 6.07) is 3.58. The van der Waals surface area contributed by atoms with Crippen LogP contribution >= 0.6 is 0 Å². The number of pyridine rings is 1. The number of likely N-dealkylation sites (tertiary alicyclic amines) is 1. The van der Waals surface area contributed by atoms with Crippen LogP contribution in [0.25, 0.3) is 0 Å². The Bertz CT molecular complexity index is 578. The van der Waals surface area contributed by atoms with Crippen molar-refractivity contribution in [3.63, 3.8) is 0 Å². The van der Waals surface area contributed by atoms with Crippen molar-refractivity contribution in [2.75, 3.05) is 26.9 Å². The lowest BCUT2D eigenvalue weighted by Crippen LogP contribution is -2.44. The van der Waals surface area contributed by atoms with Crippen LogP contribution in [0.2, 0.25) is 0 Å². The maximum Gasteiger partial charge on any atom is 0.259 e. The highest BCUT2D eigenvalue weighted by molar-refractivity contribution is 5.96. The van der Waals surface area contributed by atoms with Crippen molar-refractivity contribution in [2.45, 2.75) is 44.9 Å². The number of carbonyl (C=O) groups excluding carboxylic acids is 1. The molecule has 2 aliphatic rings. The molecule has 0 spiro atoms. The Hall–Kier alpha value is -1.66. The minimum Gasteiger partial charge on any atom is -0.480 e. The van der Waals surface area contributed by atoms with Gasteiger partial charge in [0, 0.05) is 19.4 Å². The highest BCUT2D eigenvalue weighted by atomic mass is 16.5. The first-order valence-corrected chi connectivity index (χ1v) is 8.65. The second-order valence-electron chi connectivity index (χ2n) is 6.83. The van der Waals surface area contributed by atoms with E-state index < -0.39 is 0 Å². The van der Waals surface area contributed by atoms with Crippen LogP contribution in [-0.2, 0) is 9.47 Å². The highest BCUT2D eigenvalue weighted by Gasteiger charge is 2.47. The van der Waals surface area contributed by atoms with Crippen LogP contribution in [0.3, 0.4) is 0 Å². The van der Waals surface area contributed by atoms with Gasteiger partial charge in [-0.1, -0.05) is 13.8 Å². The topological polar surface area (TPSA) is 60.9 Å². The van der Waals surface area contributed by atoms with E-state index in [-0.39, 0.29) is 24.2 Å². The van der Waals surface area contributed by atoms with Crippen LogP contribution in [-0.4, -0.2) is 60.9 Å². The van der Waals surface area contributed by atoms with Gasteiger partial charge in [-0.25, -0.2) is 4.98 Å². The van der Waals surface area contributed by atoms with Gasteiger partial charge < -0.3 is 19.1 Å². The highest BCUT2D eigenvalue weighted by Crippen LogP contribution is 2.33. The molecule has 0 aromatic carbocycles. The van der Waals surface area contributed by atoms with Gasteiger partial charge in [0.1, 0.15) is 17.8 Å². The van der Waals surface area contributed by atoms with Crippen LogP contribution in [0.4, 0.5) is 0 Å². The molecule has 1 aromatic heterocycles. The molecule has 0 unspecified atom stereocenters. The fourth-order valence-corrected chi connectivity index (χ4v) is 3.48. The summed E-state index contributed by atoms with van der Waals surface area (Å²) in [6.07, 6.45) is 3.43. The summed E-state index contributed by atoms with van der Waals surface area (Å²) >= 11 is 0. The van der Waals surface area contributed by atoms with Crippen molar-refractivity contribution >= 4 is 5.91 Å². The molecule has 3 rings (SSSR count). The Morgan fingerprint density at radius 3 is 3.08 bits per heavy atom. The Kier molecular flexibility index (Phi) is 5.36. The summed E-state index contributed by atoms with van der Waals surface area (Å²) in [7, 11) is 1.53. The molecule has 0 bridgehead atoms.